The van der Waals surface area contributed by atoms with Crippen LogP contribution in [0.3, 0.4) is 0 Å². The summed E-state index contributed by atoms with van der Waals surface area (Å²) >= 11 is 9.45. The number of hydrogen-bond acceptors (Lipinski definition) is 2. The fourth-order valence-corrected chi connectivity index (χ4v) is 2.14. The topological polar surface area (TPSA) is 24.9 Å². The highest BCUT2D eigenvalue weighted by atomic mass is 79.9. The first kappa shape index (κ1) is 13.5. The van der Waals surface area contributed by atoms with Gasteiger partial charge in [0.1, 0.15) is 0 Å². The van der Waals surface area contributed by atoms with E-state index < -0.39 is 0 Å². The lowest BCUT2D eigenvalue weighted by Crippen LogP contribution is -2.18. The number of benzene rings is 1. The minimum atomic E-state index is 0.287. The van der Waals surface area contributed by atoms with Crippen molar-refractivity contribution in [2.75, 3.05) is 0 Å². The van der Waals surface area contributed by atoms with Gasteiger partial charge >= 0.3 is 0 Å². The second-order valence-electron chi connectivity index (χ2n) is 4.13. The van der Waals surface area contributed by atoms with Crippen LogP contribution in [0.1, 0.15) is 24.1 Å². The Hall–Kier alpha value is -0.900. The molecule has 0 amide bonds. The number of pyridine rings is 1. The number of aromatic nitrogens is 1. The van der Waals surface area contributed by atoms with E-state index in [4.69, 9.17) is 11.6 Å². The van der Waals surface area contributed by atoms with Crippen LogP contribution in [0.5, 0.6) is 0 Å². The van der Waals surface area contributed by atoms with Gasteiger partial charge < -0.3 is 5.32 Å². The fraction of sp³-hybridized carbons (Fsp3) is 0.214. The Morgan fingerprint density at radius 1 is 1.28 bits per heavy atom. The first-order valence-electron chi connectivity index (χ1n) is 5.74. The zero-order chi connectivity index (χ0) is 13.0. The summed E-state index contributed by atoms with van der Waals surface area (Å²) in [4.78, 5) is 4.02. The summed E-state index contributed by atoms with van der Waals surface area (Å²) < 4.78 is 0.926. The van der Waals surface area contributed by atoms with E-state index in [2.05, 4.69) is 39.2 Å². The van der Waals surface area contributed by atoms with Crippen LogP contribution in [-0.4, -0.2) is 4.98 Å². The molecular weight excluding hydrogens is 312 g/mol. The molecule has 2 aromatic rings. The maximum Gasteiger partial charge on any atom is 0.0551 e. The Bertz CT molecular complexity index is 516. The maximum absolute atomic E-state index is 6.06. The lowest BCUT2D eigenvalue weighted by Gasteiger charge is -2.14. The molecule has 2 nitrogen and oxygen atoms in total. The van der Waals surface area contributed by atoms with Crippen molar-refractivity contribution < 1.29 is 0 Å². The largest absolute Gasteiger partial charge is 0.306 e. The number of nitrogens with zero attached hydrogens (tertiary/aromatic N) is 1. The fourth-order valence-electron chi connectivity index (χ4n) is 1.69. The summed E-state index contributed by atoms with van der Waals surface area (Å²) in [7, 11) is 0. The van der Waals surface area contributed by atoms with Gasteiger partial charge in [0.15, 0.2) is 0 Å². The average Bonchev–Trinajstić information content (AvgIpc) is 2.41. The molecule has 1 N–H and O–H groups in total. The number of hydrogen-bond donors (Lipinski definition) is 1. The van der Waals surface area contributed by atoms with Crippen molar-refractivity contribution in [2.45, 2.75) is 19.5 Å². The highest BCUT2D eigenvalue weighted by Crippen LogP contribution is 2.23. The van der Waals surface area contributed by atoms with Gasteiger partial charge in [0.05, 0.1) is 5.02 Å². The van der Waals surface area contributed by atoms with Gasteiger partial charge in [0.25, 0.3) is 0 Å². The summed E-state index contributed by atoms with van der Waals surface area (Å²) in [6.45, 7) is 2.92. The van der Waals surface area contributed by atoms with E-state index in [9.17, 15) is 0 Å². The van der Waals surface area contributed by atoms with Gasteiger partial charge in [0.2, 0.25) is 0 Å². The molecule has 18 heavy (non-hydrogen) atoms. The number of rotatable bonds is 4. The predicted molar refractivity (Wildman–Crippen MR) is 78.6 cm³/mol. The summed E-state index contributed by atoms with van der Waals surface area (Å²) in [6.07, 6.45) is 3.62. The van der Waals surface area contributed by atoms with E-state index in [1.807, 2.05) is 36.7 Å². The molecule has 94 valence electrons. The highest BCUT2D eigenvalue weighted by molar-refractivity contribution is 9.10. The maximum atomic E-state index is 6.06. The van der Waals surface area contributed by atoms with E-state index in [0.717, 1.165) is 16.0 Å². The zero-order valence-corrected chi connectivity index (χ0v) is 12.4. The second-order valence-corrected chi connectivity index (χ2v) is 5.39. The van der Waals surface area contributed by atoms with Gasteiger partial charge in [-0.3, -0.25) is 4.98 Å². The first-order valence-corrected chi connectivity index (χ1v) is 6.91. The molecule has 0 radical (unpaired) electrons. The van der Waals surface area contributed by atoms with Crippen molar-refractivity contribution in [3.8, 4) is 0 Å². The molecule has 0 saturated heterocycles. The van der Waals surface area contributed by atoms with Crippen molar-refractivity contribution in [3.05, 3.63) is 63.3 Å². The van der Waals surface area contributed by atoms with E-state index in [1.54, 1.807) is 0 Å². The Balaban J connectivity index is 1.97. The molecule has 4 heteroatoms. The lowest BCUT2D eigenvalue weighted by atomic mass is 10.1. The summed E-state index contributed by atoms with van der Waals surface area (Å²) in [5, 5.41) is 4.20. The van der Waals surface area contributed by atoms with Gasteiger partial charge in [-0.1, -0.05) is 17.7 Å². The van der Waals surface area contributed by atoms with Gasteiger partial charge in [-0.15, -0.1) is 0 Å². The van der Waals surface area contributed by atoms with E-state index in [0.29, 0.717) is 0 Å². The Labute approximate surface area is 121 Å². The van der Waals surface area contributed by atoms with Crippen LogP contribution in [0.4, 0.5) is 0 Å². The van der Waals surface area contributed by atoms with Gasteiger partial charge in [-0.25, -0.2) is 0 Å². The third kappa shape index (κ3) is 3.55. The third-order valence-electron chi connectivity index (χ3n) is 2.80. The molecule has 1 atom stereocenters. The molecule has 0 aliphatic heterocycles. The zero-order valence-electron chi connectivity index (χ0n) is 10.0. The second kappa shape index (κ2) is 6.32. The normalized spacial score (nSPS) is 12.4. The van der Waals surface area contributed by atoms with Crippen molar-refractivity contribution in [2.24, 2.45) is 0 Å². The molecule has 2 rings (SSSR count). The molecule has 1 heterocycles. The molecule has 0 fully saturated rings. The highest BCUT2D eigenvalue weighted by Gasteiger charge is 2.05. The molecule has 1 aromatic carbocycles. The Morgan fingerprint density at radius 3 is 2.67 bits per heavy atom. The quantitative estimate of drug-likeness (QED) is 0.904. The van der Waals surface area contributed by atoms with E-state index >= 15 is 0 Å². The Kier molecular flexibility index (Phi) is 4.75. The monoisotopic (exact) mass is 324 g/mol. The van der Waals surface area contributed by atoms with Crippen LogP contribution in [0.2, 0.25) is 5.02 Å². The predicted octanol–water partition coefficient (Wildman–Crippen LogP) is 4.35. The number of nitrogens with one attached hydrogen (secondary N) is 1. The SMILES string of the molecule is CC(NCc1ccc(Br)c(Cl)c1)c1ccncc1. The third-order valence-corrected chi connectivity index (χ3v) is 4.03. The molecule has 0 spiro atoms. The lowest BCUT2D eigenvalue weighted by molar-refractivity contribution is 0.574. The molecule has 1 unspecified atom stereocenters. The van der Waals surface area contributed by atoms with Crippen LogP contribution in [0.15, 0.2) is 47.2 Å². The van der Waals surface area contributed by atoms with Gasteiger partial charge in [0, 0.05) is 29.5 Å². The summed E-state index contributed by atoms with van der Waals surface area (Å²) in [5.74, 6) is 0. The van der Waals surface area contributed by atoms with Crippen molar-refractivity contribution in [1.29, 1.82) is 0 Å². The first-order chi connectivity index (χ1) is 8.66. The Morgan fingerprint density at radius 2 is 2.00 bits per heavy atom. The van der Waals surface area contributed by atoms with Crippen LogP contribution in [0, 0.1) is 0 Å². The standard InChI is InChI=1S/C14H14BrClN2/c1-10(12-4-6-17-7-5-12)18-9-11-2-3-13(15)14(16)8-11/h2-8,10,18H,9H2,1H3. The van der Waals surface area contributed by atoms with Gasteiger partial charge in [-0.2, -0.15) is 0 Å². The van der Waals surface area contributed by atoms with Crippen molar-refractivity contribution in [3.63, 3.8) is 0 Å². The van der Waals surface area contributed by atoms with Gasteiger partial charge in [-0.05, 0) is 58.2 Å². The molecule has 0 saturated carbocycles. The van der Waals surface area contributed by atoms with Crippen molar-refractivity contribution >= 4 is 27.5 Å². The molecule has 0 aliphatic carbocycles. The van der Waals surface area contributed by atoms with E-state index in [-0.39, 0.29) is 6.04 Å². The van der Waals surface area contributed by atoms with Crippen LogP contribution in [-0.2, 0) is 6.54 Å². The minimum absolute atomic E-state index is 0.287. The van der Waals surface area contributed by atoms with E-state index in [1.165, 1.54) is 11.1 Å². The summed E-state index contributed by atoms with van der Waals surface area (Å²) in [6, 6.07) is 10.3. The number of halogens is 2. The molecule has 1 aromatic heterocycles. The van der Waals surface area contributed by atoms with Crippen LogP contribution in [0.25, 0.3) is 0 Å². The molecular formula is C14H14BrClN2. The van der Waals surface area contributed by atoms with Crippen LogP contribution >= 0.6 is 27.5 Å². The minimum Gasteiger partial charge on any atom is -0.306 e. The van der Waals surface area contributed by atoms with Crippen molar-refractivity contribution in [1.82, 2.24) is 10.3 Å². The molecule has 0 bridgehead atoms. The summed E-state index contributed by atoms with van der Waals surface area (Å²) in [5.41, 5.74) is 2.40. The van der Waals surface area contributed by atoms with Crippen LogP contribution < -0.4 is 5.32 Å². The molecule has 0 aliphatic rings. The smallest absolute Gasteiger partial charge is 0.0551 e. The average molecular weight is 326 g/mol.